The minimum absolute atomic E-state index is 0.0174. The Balaban J connectivity index is 1.57. The number of hydrogen-bond donors (Lipinski definition) is 0. The first-order valence-corrected chi connectivity index (χ1v) is 11.3. The molecule has 0 bridgehead atoms. The molecule has 0 fully saturated rings. The summed E-state index contributed by atoms with van der Waals surface area (Å²) in [5.74, 6) is 0.749. The fourth-order valence-corrected chi connectivity index (χ4v) is 4.32. The van der Waals surface area contributed by atoms with Gasteiger partial charge in [0.15, 0.2) is 18.2 Å². The van der Waals surface area contributed by atoms with E-state index >= 15 is 0 Å². The van der Waals surface area contributed by atoms with Crippen molar-refractivity contribution in [3.05, 3.63) is 106 Å². The summed E-state index contributed by atoms with van der Waals surface area (Å²) in [4.78, 5) is 26.6. The summed E-state index contributed by atoms with van der Waals surface area (Å²) in [6.07, 6.45) is 0. The average molecular weight is 465 g/mol. The van der Waals surface area contributed by atoms with Gasteiger partial charge in [0.05, 0.1) is 12.5 Å². The predicted molar refractivity (Wildman–Crippen MR) is 138 cm³/mol. The first-order valence-electron chi connectivity index (χ1n) is 11.3. The summed E-state index contributed by atoms with van der Waals surface area (Å²) in [5, 5.41) is 2.46. The minimum Gasteiger partial charge on any atom is -0.497 e. The highest BCUT2D eigenvalue weighted by molar-refractivity contribution is 6.01. The number of benzene rings is 4. The number of Topliss-reactive ketones (excluding diaryl/α,β-unsaturated/α-hetero) is 1. The smallest absolute Gasteiger partial charge is 0.235 e. The van der Waals surface area contributed by atoms with Gasteiger partial charge in [0, 0.05) is 11.1 Å². The standard InChI is InChI=1S/C30H24O5/c1-18-14-19(2)27-26(15-18)35-29(21-10-12-24(33-3)13-11-21)30(28(27)32)34-17-25(31)23-9-8-20-6-4-5-7-22(20)16-23/h4-16H,17H2,1-3H3. The Hall–Kier alpha value is -4.38. The van der Waals surface area contributed by atoms with Crippen LogP contribution in [-0.4, -0.2) is 19.5 Å². The number of carbonyl (C=O) groups excluding carboxylic acids is 1. The maximum atomic E-state index is 13.6. The first-order chi connectivity index (χ1) is 16.9. The molecule has 1 heterocycles. The highest BCUT2D eigenvalue weighted by Gasteiger charge is 2.21. The van der Waals surface area contributed by atoms with Crippen molar-refractivity contribution >= 4 is 27.5 Å². The van der Waals surface area contributed by atoms with Crippen LogP contribution in [0.4, 0.5) is 0 Å². The van der Waals surface area contributed by atoms with E-state index in [4.69, 9.17) is 13.9 Å². The van der Waals surface area contributed by atoms with E-state index in [0.29, 0.717) is 27.8 Å². The van der Waals surface area contributed by atoms with Crippen molar-refractivity contribution in [2.45, 2.75) is 13.8 Å². The predicted octanol–water partition coefficient (Wildman–Crippen LogP) is 6.50. The van der Waals surface area contributed by atoms with Gasteiger partial charge in [-0.1, -0.05) is 42.5 Å². The fraction of sp³-hybridized carbons (Fsp3) is 0.133. The van der Waals surface area contributed by atoms with Gasteiger partial charge in [-0.3, -0.25) is 9.59 Å². The molecule has 1 aromatic heterocycles. The second-order valence-corrected chi connectivity index (χ2v) is 8.55. The van der Waals surface area contributed by atoms with E-state index in [-0.39, 0.29) is 29.3 Å². The molecule has 5 heteroatoms. The lowest BCUT2D eigenvalue weighted by atomic mass is 10.0. The molecule has 0 saturated heterocycles. The third-order valence-corrected chi connectivity index (χ3v) is 6.07. The van der Waals surface area contributed by atoms with Crippen molar-refractivity contribution in [2.75, 3.05) is 13.7 Å². The van der Waals surface area contributed by atoms with Crippen molar-refractivity contribution in [1.82, 2.24) is 0 Å². The number of carbonyl (C=O) groups is 1. The van der Waals surface area contributed by atoms with E-state index in [0.717, 1.165) is 21.9 Å². The van der Waals surface area contributed by atoms with Gasteiger partial charge in [-0.25, -0.2) is 0 Å². The molecular weight excluding hydrogens is 440 g/mol. The summed E-state index contributed by atoms with van der Waals surface area (Å²) in [7, 11) is 1.59. The molecule has 5 nitrogen and oxygen atoms in total. The largest absolute Gasteiger partial charge is 0.497 e. The molecule has 0 aliphatic rings. The van der Waals surface area contributed by atoms with Crippen LogP contribution < -0.4 is 14.9 Å². The molecule has 5 aromatic rings. The summed E-state index contributed by atoms with van der Waals surface area (Å²) >= 11 is 0. The molecule has 0 aliphatic heterocycles. The normalized spacial score (nSPS) is 11.1. The van der Waals surface area contributed by atoms with Crippen LogP contribution in [0.2, 0.25) is 0 Å². The van der Waals surface area contributed by atoms with Crippen LogP contribution in [0.1, 0.15) is 21.5 Å². The van der Waals surface area contributed by atoms with Crippen LogP contribution in [0.25, 0.3) is 33.1 Å². The van der Waals surface area contributed by atoms with Crippen molar-refractivity contribution in [3.63, 3.8) is 0 Å². The van der Waals surface area contributed by atoms with E-state index < -0.39 is 0 Å². The van der Waals surface area contributed by atoms with E-state index in [1.165, 1.54) is 0 Å². The summed E-state index contributed by atoms with van der Waals surface area (Å²) < 4.78 is 17.4. The molecule has 0 spiro atoms. The number of ketones is 1. The zero-order valence-corrected chi connectivity index (χ0v) is 19.8. The molecule has 0 N–H and O–H groups in total. The molecule has 0 saturated carbocycles. The topological polar surface area (TPSA) is 65.7 Å². The second-order valence-electron chi connectivity index (χ2n) is 8.55. The molecule has 0 amide bonds. The second kappa shape index (κ2) is 9.11. The van der Waals surface area contributed by atoms with Gasteiger partial charge in [-0.15, -0.1) is 0 Å². The Labute approximate surface area is 202 Å². The summed E-state index contributed by atoms with van der Waals surface area (Å²) in [6, 6.07) is 24.3. The van der Waals surface area contributed by atoms with Gasteiger partial charge in [0.1, 0.15) is 11.3 Å². The number of fused-ring (bicyclic) bond motifs is 2. The van der Waals surface area contributed by atoms with Crippen molar-refractivity contribution < 1.29 is 18.7 Å². The Kier molecular flexibility index (Phi) is 5.83. The van der Waals surface area contributed by atoms with E-state index in [2.05, 4.69) is 0 Å². The first kappa shape index (κ1) is 22.4. The van der Waals surface area contributed by atoms with Crippen LogP contribution in [0.5, 0.6) is 11.5 Å². The van der Waals surface area contributed by atoms with Gasteiger partial charge < -0.3 is 13.9 Å². The van der Waals surface area contributed by atoms with E-state index in [1.54, 1.807) is 37.4 Å². The average Bonchev–Trinajstić information content (AvgIpc) is 2.87. The third-order valence-electron chi connectivity index (χ3n) is 6.07. The molecular formula is C30H24O5. The summed E-state index contributed by atoms with van der Waals surface area (Å²) in [6.45, 7) is 3.53. The molecule has 0 aliphatic carbocycles. The molecule has 0 atom stereocenters. The van der Waals surface area contributed by atoms with Crippen LogP contribution in [-0.2, 0) is 0 Å². The molecule has 5 rings (SSSR count). The van der Waals surface area contributed by atoms with Crippen molar-refractivity contribution in [1.29, 1.82) is 0 Å². The SMILES string of the molecule is COc1ccc(-c2oc3cc(C)cc(C)c3c(=O)c2OCC(=O)c2ccc3ccccc3c2)cc1. The van der Waals surface area contributed by atoms with E-state index in [9.17, 15) is 9.59 Å². The summed E-state index contributed by atoms with van der Waals surface area (Å²) in [5.41, 5.74) is 3.12. The van der Waals surface area contributed by atoms with Gasteiger partial charge in [0.2, 0.25) is 11.2 Å². The number of hydrogen-bond acceptors (Lipinski definition) is 5. The Morgan fingerprint density at radius 1 is 0.886 bits per heavy atom. The molecule has 4 aromatic carbocycles. The molecule has 174 valence electrons. The molecule has 0 radical (unpaired) electrons. The lowest BCUT2D eigenvalue weighted by molar-refractivity contribution is 0.0920. The minimum atomic E-state index is -0.305. The Bertz CT molecular complexity index is 1630. The van der Waals surface area contributed by atoms with Crippen molar-refractivity contribution in [2.24, 2.45) is 0 Å². The van der Waals surface area contributed by atoms with Crippen LogP contribution in [0.15, 0.2) is 88.1 Å². The van der Waals surface area contributed by atoms with Gasteiger partial charge in [0.25, 0.3) is 0 Å². The third kappa shape index (κ3) is 4.28. The molecule has 35 heavy (non-hydrogen) atoms. The Morgan fingerprint density at radius 2 is 1.63 bits per heavy atom. The number of aryl methyl sites for hydroxylation is 2. The van der Waals surface area contributed by atoms with Gasteiger partial charge in [-0.2, -0.15) is 0 Å². The van der Waals surface area contributed by atoms with Gasteiger partial charge in [-0.05, 0) is 72.1 Å². The maximum absolute atomic E-state index is 13.6. The van der Waals surface area contributed by atoms with E-state index in [1.807, 2.05) is 62.4 Å². The molecule has 0 unspecified atom stereocenters. The fourth-order valence-electron chi connectivity index (χ4n) is 4.32. The highest BCUT2D eigenvalue weighted by atomic mass is 16.5. The Morgan fingerprint density at radius 3 is 2.37 bits per heavy atom. The van der Waals surface area contributed by atoms with Gasteiger partial charge >= 0.3 is 0 Å². The highest BCUT2D eigenvalue weighted by Crippen LogP contribution is 2.33. The van der Waals surface area contributed by atoms with Crippen LogP contribution in [0, 0.1) is 13.8 Å². The lowest BCUT2D eigenvalue weighted by Gasteiger charge is -2.13. The zero-order chi connectivity index (χ0) is 24.5. The maximum Gasteiger partial charge on any atom is 0.235 e. The lowest BCUT2D eigenvalue weighted by Crippen LogP contribution is -2.17. The number of rotatable bonds is 6. The number of methoxy groups -OCH3 is 1. The van der Waals surface area contributed by atoms with Crippen LogP contribution >= 0.6 is 0 Å². The van der Waals surface area contributed by atoms with Crippen molar-refractivity contribution in [3.8, 4) is 22.8 Å². The zero-order valence-electron chi connectivity index (χ0n) is 19.8. The monoisotopic (exact) mass is 464 g/mol. The number of ether oxygens (including phenoxy) is 2. The van der Waals surface area contributed by atoms with Crippen LogP contribution in [0.3, 0.4) is 0 Å². The quantitative estimate of drug-likeness (QED) is 0.268.